The number of benzene rings is 2. The molecule has 1 unspecified atom stereocenters. The van der Waals surface area contributed by atoms with Gasteiger partial charge < -0.3 is 20.1 Å². The predicted octanol–water partition coefficient (Wildman–Crippen LogP) is 6.21. The number of hydrogen-bond donors (Lipinski definition) is 2. The third-order valence-electron chi connectivity index (χ3n) is 9.28. The number of Topliss-reactive ketones (excluding diaryl/α,β-unsaturated/α-hetero) is 2. The molecule has 0 saturated carbocycles. The first-order valence-corrected chi connectivity index (χ1v) is 18.1. The van der Waals surface area contributed by atoms with Gasteiger partial charge in [-0.15, -0.1) is 0 Å². The SMILES string of the molecule is CCC(C)[C@H](NC(=O)[C@@H](CC(=O)[C@H](CC(C)C)NC(=O)[C@H](CCc1ccccc1)CC(=O)OC(C)(C)C)Cc1ccccc1)C(=O)[C@@]1(C)CO1. The Hall–Kier alpha value is -3.85. The molecule has 0 spiro atoms. The molecular formula is C41H58N2O7. The Morgan fingerprint density at radius 3 is 1.92 bits per heavy atom. The van der Waals surface area contributed by atoms with E-state index in [4.69, 9.17) is 9.47 Å². The van der Waals surface area contributed by atoms with Crippen molar-refractivity contribution in [3.05, 3.63) is 71.8 Å². The molecule has 2 N–H and O–H groups in total. The Bertz CT molecular complexity index is 1430. The van der Waals surface area contributed by atoms with Crippen LogP contribution >= 0.6 is 0 Å². The lowest BCUT2D eigenvalue weighted by Crippen LogP contribution is -2.52. The van der Waals surface area contributed by atoms with Gasteiger partial charge in [0.05, 0.1) is 25.1 Å². The molecule has 0 radical (unpaired) electrons. The van der Waals surface area contributed by atoms with Gasteiger partial charge in [-0.05, 0) is 76.3 Å². The number of carbonyl (C=O) groups excluding carboxylic acids is 5. The van der Waals surface area contributed by atoms with E-state index in [1.165, 1.54) is 0 Å². The van der Waals surface area contributed by atoms with Crippen LogP contribution < -0.4 is 10.6 Å². The van der Waals surface area contributed by atoms with Crippen LogP contribution in [0.1, 0.15) is 98.6 Å². The highest BCUT2D eigenvalue weighted by molar-refractivity contribution is 5.98. The van der Waals surface area contributed by atoms with Crippen molar-refractivity contribution in [2.24, 2.45) is 23.7 Å². The normalized spacial score (nSPS) is 18.7. The van der Waals surface area contributed by atoms with E-state index in [1.54, 1.807) is 27.7 Å². The van der Waals surface area contributed by atoms with E-state index in [0.29, 0.717) is 32.3 Å². The van der Waals surface area contributed by atoms with Crippen molar-refractivity contribution < 1.29 is 33.4 Å². The van der Waals surface area contributed by atoms with E-state index in [2.05, 4.69) is 10.6 Å². The van der Waals surface area contributed by atoms with Crippen molar-refractivity contribution in [3.63, 3.8) is 0 Å². The Kier molecular flexibility index (Phi) is 14.9. The molecule has 2 aromatic rings. The van der Waals surface area contributed by atoms with Gasteiger partial charge in [0.1, 0.15) is 11.2 Å². The third kappa shape index (κ3) is 13.1. The second kappa shape index (κ2) is 18.4. The molecule has 0 aromatic heterocycles. The summed E-state index contributed by atoms with van der Waals surface area (Å²) in [7, 11) is 0. The van der Waals surface area contributed by atoms with Gasteiger partial charge >= 0.3 is 5.97 Å². The number of epoxide rings is 1. The molecule has 1 saturated heterocycles. The molecule has 1 aliphatic rings. The minimum atomic E-state index is -0.908. The fraction of sp³-hybridized carbons (Fsp3) is 0.585. The minimum absolute atomic E-state index is 0.0611. The summed E-state index contributed by atoms with van der Waals surface area (Å²) >= 11 is 0. The molecule has 1 fully saturated rings. The lowest BCUT2D eigenvalue weighted by atomic mass is 9.86. The maximum atomic E-state index is 14.1. The lowest BCUT2D eigenvalue weighted by molar-refractivity contribution is -0.157. The van der Waals surface area contributed by atoms with Crippen LogP contribution in [0.15, 0.2) is 60.7 Å². The molecule has 2 amide bonds. The van der Waals surface area contributed by atoms with E-state index in [1.807, 2.05) is 88.4 Å². The van der Waals surface area contributed by atoms with Crippen LogP contribution in [-0.2, 0) is 46.3 Å². The first-order valence-electron chi connectivity index (χ1n) is 18.1. The van der Waals surface area contributed by atoms with Gasteiger partial charge in [0.25, 0.3) is 0 Å². The number of ketones is 2. The zero-order chi connectivity index (χ0) is 37.1. The molecule has 1 heterocycles. The van der Waals surface area contributed by atoms with Gasteiger partial charge in [0, 0.05) is 18.3 Å². The zero-order valence-electron chi connectivity index (χ0n) is 31.3. The van der Waals surface area contributed by atoms with Crippen LogP contribution in [0.2, 0.25) is 0 Å². The molecule has 9 nitrogen and oxygen atoms in total. The highest BCUT2D eigenvalue weighted by Gasteiger charge is 2.51. The van der Waals surface area contributed by atoms with E-state index < -0.39 is 47.0 Å². The van der Waals surface area contributed by atoms with Gasteiger partial charge in [-0.1, -0.05) is 94.8 Å². The monoisotopic (exact) mass is 690 g/mol. The second-order valence-corrected chi connectivity index (χ2v) is 15.5. The number of hydrogen-bond acceptors (Lipinski definition) is 7. The molecule has 50 heavy (non-hydrogen) atoms. The summed E-state index contributed by atoms with van der Waals surface area (Å²) in [6.07, 6.45) is 2.04. The topological polar surface area (TPSA) is 131 Å². The lowest BCUT2D eigenvalue weighted by Gasteiger charge is -2.28. The number of aryl methyl sites for hydroxylation is 1. The second-order valence-electron chi connectivity index (χ2n) is 15.5. The Morgan fingerprint density at radius 1 is 0.840 bits per heavy atom. The van der Waals surface area contributed by atoms with Crippen molar-refractivity contribution in [1.29, 1.82) is 0 Å². The minimum Gasteiger partial charge on any atom is -0.460 e. The van der Waals surface area contributed by atoms with E-state index in [9.17, 15) is 24.0 Å². The van der Waals surface area contributed by atoms with Gasteiger partial charge in [-0.3, -0.25) is 24.0 Å². The van der Waals surface area contributed by atoms with Crippen LogP contribution in [0, 0.1) is 23.7 Å². The van der Waals surface area contributed by atoms with Crippen LogP contribution in [-0.4, -0.2) is 59.2 Å². The average Bonchev–Trinajstić information content (AvgIpc) is 3.82. The van der Waals surface area contributed by atoms with Crippen molar-refractivity contribution in [2.75, 3.05) is 6.61 Å². The summed E-state index contributed by atoms with van der Waals surface area (Å²) in [4.78, 5) is 68.3. The Balaban J connectivity index is 1.84. The predicted molar refractivity (Wildman–Crippen MR) is 194 cm³/mol. The summed E-state index contributed by atoms with van der Waals surface area (Å²) < 4.78 is 11.0. The summed E-state index contributed by atoms with van der Waals surface area (Å²) in [5.74, 6) is -3.26. The summed E-state index contributed by atoms with van der Waals surface area (Å²) in [5.41, 5.74) is 0.307. The van der Waals surface area contributed by atoms with Crippen LogP contribution in [0.5, 0.6) is 0 Å². The van der Waals surface area contributed by atoms with Crippen molar-refractivity contribution in [1.82, 2.24) is 10.6 Å². The van der Waals surface area contributed by atoms with Crippen molar-refractivity contribution in [2.45, 2.75) is 124 Å². The average molecular weight is 691 g/mol. The van der Waals surface area contributed by atoms with E-state index in [0.717, 1.165) is 11.1 Å². The molecule has 274 valence electrons. The van der Waals surface area contributed by atoms with Crippen LogP contribution in [0.25, 0.3) is 0 Å². The molecule has 0 aliphatic carbocycles. The summed E-state index contributed by atoms with van der Waals surface area (Å²) in [6, 6.07) is 17.6. The summed E-state index contributed by atoms with van der Waals surface area (Å²) in [5, 5.41) is 5.97. The van der Waals surface area contributed by atoms with Crippen molar-refractivity contribution >= 4 is 29.4 Å². The molecule has 1 aliphatic heterocycles. The maximum Gasteiger partial charge on any atom is 0.307 e. The molecule has 6 atom stereocenters. The Morgan fingerprint density at radius 2 is 1.40 bits per heavy atom. The maximum absolute atomic E-state index is 14.1. The highest BCUT2D eigenvalue weighted by atomic mass is 16.6. The molecular weight excluding hydrogens is 632 g/mol. The van der Waals surface area contributed by atoms with Crippen LogP contribution in [0.4, 0.5) is 0 Å². The quantitative estimate of drug-likeness (QED) is 0.125. The molecule has 9 heteroatoms. The van der Waals surface area contributed by atoms with Crippen molar-refractivity contribution in [3.8, 4) is 0 Å². The number of esters is 1. The first kappa shape index (κ1) is 40.6. The standard InChI is InChI=1S/C41H58N2O7/c1-9-28(4)36(37(46)41(8)26-49-41)43-39(48)32(23-30-18-14-11-15-19-30)24-34(44)33(22-27(2)3)42-38(47)31(25-35(45)50-40(5,6)7)21-20-29-16-12-10-13-17-29/h10-19,27-28,31-33,36H,9,20-26H2,1-8H3,(H,42,47)(H,43,48)/t28?,31-,32-,33+,36+,41-/m1/s1. The van der Waals surface area contributed by atoms with Crippen LogP contribution in [0.3, 0.4) is 0 Å². The van der Waals surface area contributed by atoms with Gasteiger partial charge in [0.2, 0.25) is 11.8 Å². The molecule has 0 bridgehead atoms. The number of carbonyl (C=O) groups is 5. The molecule has 2 aromatic carbocycles. The smallest absolute Gasteiger partial charge is 0.307 e. The van der Waals surface area contributed by atoms with Gasteiger partial charge in [0.15, 0.2) is 11.6 Å². The van der Waals surface area contributed by atoms with Gasteiger partial charge in [-0.2, -0.15) is 0 Å². The summed E-state index contributed by atoms with van der Waals surface area (Å²) in [6.45, 7) is 15.2. The largest absolute Gasteiger partial charge is 0.460 e. The van der Waals surface area contributed by atoms with E-state index >= 15 is 0 Å². The number of amides is 2. The number of ether oxygens (including phenoxy) is 2. The third-order valence-corrected chi connectivity index (χ3v) is 9.28. The first-order chi connectivity index (χ1) is 23.5. The zero-order valence-corrected chi connectivity index (χ0v) is 31.3. The number of nitrogens with one attached hydrogen (secondary N) is 2. The van der Waals surface area contributed by atoms with E-state index in [-0.39, 0.29) is 48.6 Å². The van der Waals surface area contributed by atoms with Gasteiger partial charge in [-0.25, -0.2) is 0 Å². The number of rotatable bonds is 20. The fourth-order valence-electron chi connectivity index (χ4n) is 6.02. The Labute approximate surface area is 298 Å². The fourth-order valence-corrected chi connectivity index (χ4v) is 6.02. The highest BCUT2D eigenvalue weighted by Crippen LogP contribution is 2.31. The molecule has 3 rings (SSSR count).